The number of hydrogen-bond acceptors (Lipinski definition) is 1. The number of aromatic nitrogens is 2. The summed E-state index contributed by atoms with van der Waals surface area (Å²) in [5.74, 6) is -1.09. The summed E-state index contributed by atoms with van der Waals surface area (Å²) in [4.78, 5) is 0. The van der Waals surface area contributed by atoms with Crippen molar-refractivity contribution in [3.63, 3.8) is 0 Å². The number of rotatable bonds is 4. The van der Waals surface area contributed by atoms with Gasteiger partial charge in [0.15, 0.2) is 0 Å². The molecule has 2 rings (SSSR count). The third kappa shape index (κ3) is 2.90. The van der Waals surface area contributed by atoms with E-state index in [1.807, 2.05) is 6.20 Å². The first-order chi connectivity index (χ1) is 8.19. The van der Waals surface area contributed by atoms with Gasteiger partial charge in [-0.1, -0.05) is 19.4 Å². The van der Waals surface area contributed by atoms with Crippen LogP contribution in [0.2, 0.25) is 0 Å². The zero-order chi connectivity index (χ0) is 12.3. The highest BCUT2D eigenvalue weighted by Crippen LogP contribution is 2.11. The summed E-state index contributed by atoms with van der Waals surface area (Å²) >= 11 is 0. The van der Waals surface area contributed by atoms with Gasteiger partial charge >= 0.3 is 0 Å². The second-order valence-electron chi connectivity index (χ2n) is 4.03. The maximum Gasteiger partial charge on any atom is 0.131 e. The van der Waals surface area contributed by atoms with Gasteiger partial charge < -0.3 is 0 Å². The van der Waals surface area contributed by atoms with Crippen molar-refractivity contribution in [1.82, 2.24) is 9.78 Å². The van der Waals surface area contributed by atoms with Gasteiger partial charge in [-0.25, -0.2) is 8.78 Å². The highest BCUT2D eigenvalue weighted by Gasteiger charge is 2.05. The van der Waals surface area contributed by atoms with E-state index in [0.717, 1.165) is 24.5 Å². The van der Waals surface area contributed by atoms with Crippen LogP contribution < -0.4 is 0 Å². The molecule has 17 heavy (non-hydrogen) atoms. The lowest BCUT2D eigenvalue weighted by molar-refractivity contribution is 0.558. The molecule has 0 unspecified atom stereocenters. The van der Waals surface area contributed by atoms with Crippen LogP contribution in [0.5, 0.6) is 0 Å². The van der Waals surface area contributed by atoms with Crippen molar-refractivity contribution >= 4 is 0 Å². The quantitative estimate of drug-likeness (QED) is 0.797. The SMILES string of the molecule is CCCc1cnn(Cc2ccc(F)cc2F)c1. The van der Waals surface area contributed by atoms with Crippen LogP contribution in [-0.4, -0.2) is 9.78 Å². The molecule has 0 saturated heterocycles. The molecule has 0 aliphatic heterocycles. The smallest absolute Gasteiger partial charge is 0.131 e. The molecule has 0 spiro atoms. The van der Waals surface area contributed by atoms with Crippen molar-refractivity contribution in [3.05, 3.63) is 53.4 Å². The first-order valence-corrected chi connectivity index (χ1v) is 5.64. The zero-order valence-corrected chi connectivity index (χ0v) is 9.66. The normalized spacial score (nSPS) is 10.8. The third-order valence-electron chi connectivity index (χ3n) is 2.57. The average molecular weight is 236 g/mol. The van der Waals surface area contributed by atoms with Gasteiger partial charge in [0, 0.05) is 17.8 Å². The molecule has 0 bridgehead atoms. The van der Waals surface area contributed by atoms with E-state index in [0.29, 0.717) is 12.1 Å². The minimum absolute atomic E-state index is 0.329. The van der Waals surface area contributed by atoms with E-state index in [-0.39, 0.29) is 0 Å². The van der Waals surface area contributed by atoms with Crippen LogP contribution in [-0.2, 0) is 13.0 Å². The van der Waals surface area contributed by atoms with E-state index in [1.54, 1.807) is 10.9 Å². The van der Waals surface area contributed by atoms with Crippen molar-refractivity contribution < 1.29 is 8.78 Å². The van der Waals surface area contributed by atoms with E-state index in [1.165, 1.54) is 12.1 Å². The van der Waals surface area contributed by atoms with Crippen molar-refractivity contribution in [2.75, 3.05) is 0 Å². The van der Waals surface area contributed by atoms with Gasteiger partial charge in [-0.05, 0) is 18.1 Å². The molecule has 0 amide bonds. The summed E-state index contributed by atoms with van der Waals surface area (Å²) in [5.41, 5.74) is 1.58. The van der Waals surface area contributed by atoms with Crippen molar-refractivity contribution in [3.8, 4) is 0 Å². The fourth-order valence-corrected chi connectivity index (χ4v) is 1.74. The van der Waals surface area contributed by atoms with E-state index in [2.05, 4.69) is 12.0 Å². The van der Waals surface area contributed by atoms with Gasteiger partial charge in [-0.2, -0.15) is 5.10 Å². The number of nitrogens with zero attached hydrogens (tertiary/aromatic N) is 2. The molecular formula is C13H14F2N2. The Hall–Kier alpha value is -1.71. The maximum atomic E-state index is 13.4. The van der Waals surface area contributed by atoms with Crippen LogP contribution in [0, 0.1) is 11.6 Å². The van der Waals surface area contributed by atoms with Gasteiger partial charge in [0.2, 0.25) is 0 Å². The van der Waals surface area contributed by atoms with Crippen LogP contribution in [0.25, 0.3) is 0 Å². The predicted octanol–water partition coefficient (Wildman–Crippen LogP) is 3.16. The Morgan fingerprint density at radius 1 is 1.29 bits per heavy atom. The molecule has 0 aliphatic carbocycles. The lowest BCUT2D eigenvalue weighted by atomic mass is 10.2. The summed E-state index contributed by atoms with van der Waals surface area (Å²) in [6.45, 7) is 2.42. The van der Waals surface area contributed by atoms with Gasteiger partial charge in [-0.3, -0.25) is 4.68 Å². The Labute approximate surface area is 98.9 Å². The first kappa shape index (κ1) is 11.8. The standard InChI is InChI=1S/C13H14F2N2/c1-2-3-10-7-16-17(8-10)9-11-4-5-12(14)6-13(11)15/h4-8H,2-3,9H2,1H3. The predicted molar refractivity (Wildman–Crippen MR) is 61.7 cm³/mol. The Balaban J connectivity index is 2.13. The lowest BCUT2D eigenvalue weighted by Gasteiger charge is -2.03. The highest BCUT2D eigenvalue weighted by molar-refractivity contribution is 5.19. The van der Waals surface area contributed by atoms with Gasteiger partial charge in [0.05, 0.1) is 12.7 Å². The Kier molecular flexibility index (Phi) is 3.52. The maximum absolute atomic E-state index is 13.4. The molecule has 1 aromatic carbocycles. The summed E-state index contributed by atoms with van der Waals surface area (Å²) in [6, 6.07) is 3.60. The largest absolute Gasteiger partial charge is 0.268 e. The molecule has 0 N–H and O–H groups in total. The first-order valence-electron chi connectivity index (χ1n) is 5.64. The van der Waals surface area contributed by atoms with E-state index < -0.39 is 11.6 Å². The fraction of sp³-hybridized carbons (Fsp3) is 0.308. The second-order valence-corrected chi connectivity index (χ2v) is 4.03. The van der Waals surface area contributed by atoms with Gasteiger partial charge in [0.25, 0.3) is 0 Å². The molecule has 1 heterocycles. The van der Waals surface area contributed by atoms with Gasteiger partial charge in [0.1, 0.15) is 11.6 Å². The molecule has 4 heteroatoms. The van der Waals surface area contributed by atoms with Crippen LogP contribution in [0.1, 0.15) is 24.5 Å². The summed E-state index contributed by atoms with van der Waals surface area (Å²) < 4.78 is 27.8. The topological polar surface area (TPSA) is 17.8 Å². The van der Waals surface area contributed by atoms with E-state index in [4.69, 9.17) is 0 Å². The van der Waals surface area contributed by atoms with Crippen LogP contribution in [0.15, 0.2) is 30.6 Å². The minimum Gasteiger partial charge on any atom is -0.268 e. The van der Waals surface area contributed by atoms with Crippen LogP contribution in [0.3, 0.4) is 0 Å². The summed E-state index contributed by atoms with van der Waals surface area (Å²) in [7, 11) is 0. The zero-order valence-electron chi connectivity index (χ0n) is 9.66. The highest BCUT2D eigenvalue weighted by atomic mass is 19.1. The van der Waals surface area contributed by atoms with E-state index in [9.17, 15) is 8.78 Å². The minimum atomic E-state index is -0.557. The Bertz CT molecular complexity index is 506. The number of benzene rings is 1. The molecular weight excluding hydrogens is 222 g/mol. The number of hydrogen-bond donors (Lipinski definition) is 0. The number of halogens is 2. The van der Waals surface area contributed by atoms with Crippen molar-refractivity contribution in [2.24, 2.45) is 0 Å². The average Bonchev–Trinajstić information content (AvgIpc) is 2.71. The van der Waals surface area contributed by atoms with Crippen molar-refractivity contribution in [2.45, 2.75) is 26.3 Å². The molecule has 0 atom stereocenters. The molecule has 0 radical (unpaired) electrons. The van der Waals surface area contributed by atoms with Gasteiger partial charge in [-0.15, -0.1) is 0 Å². The lowest BCUT2D eigenvalue weighted by Crippen LogP contribution is -2.02. The molecule has 0 saturated carbocycles. The van der Waals surface area contributed by atoms with Crippen LogP contribution in [0.4, 0.5) is 8.78 Å². The molecule has 2 aromatic rings. The van der Waals surface area contributed by atoms with Crippen molar-refractivity contribution in [1.29, 1.82) is 0 Å². The third-order valence-corrected chi connectivity index (χ3v) is 2.57. The fourth-order valence-electron chi connectivity index (χ4n) is 1.74. The van der Waals surface area contributed by atoms with E-state index >= 15 is 0 Å². The molecule has 0 aliphatic rings. The molecule has 1 aromatic heterocycles. The monoisotopic (exact) mass is 236 g/mol. The summed E-state index contributed by atoms with van der Waals surface area (Å²) in [5, 5.41) is 4.15. The molecule has 0 fully saturated rings. The second kappa shape index (κ2) is 5.08. The molecule has 2 nitrogen and oxygen atoms in total. The molecule has 90 valence electrons. The summed E-state index contributed by atoms with van der Waals surface area (Å²) in [6.07, 6.45) is 5.69. The number of aryl methyl sites for hydroxylation is 1. The Morgan fingerprint density at radius 2 is 2.12 bits per heavy atom. The Morgan fingerprint density at radius 3 is 2.82 bits per heavy atom. The van der Waals surface area contributed by atoms with Crippen LogP contribution >= 0.6 is 0 Å².